The van der Waals surface area contributed by atoms with E-state index in [4.69, 9.17) is 5.11 Å². The fraction of sp³-hybridized carbons (Fsp3) is 0.867. The monoisotopic (exact) mass is 267 g/mol. The number of hydrogen-bond donors (Lipinski definition) is 1. The molecule has 1 saturated heterocycles. The molecule has 0 aromatic carbocycles. The fourth-order valence-corrected chi connectivity index (χ4v) is 3.75. The molecule has 1 unspecified atom stereocenters. The molecule has 4 nitrogen and oxygen atoms in total. The van der Waals surface area contributed by atoms with Gasteiger partial charge in [0.2, 0.25) is 11.8 Å². The number of likely N-dealkylation sites (tertiary alicyclic amines) is 1. The smallest absolute Gasteiger partial charge is 0.230 e. The molecule has 108 valence electrons. The van der Waals surface area contributed by atoms with Gasteiger partial charge in [-0.2, -0.15) is 0 Å². The summed E-state index contributed by atoms with van der Waals surface area (Å²) in [7, 11) is 0. The zero-order valence-electron chi connectivity index (χ0n) is 12.0. The Morgan fingerprint density at radius 3 is 2.11 bits per heavy atom. The lowest BCUT2D eigenvalue weighted by molar-refractivity contribution is -0.158. The van der Waals surface area contributed by atoms with Crippen molar-refractivity contribution < 1.29 is 14.7 Å². The molecule has 1 spiro atoms. The van der Waals surface area contributed by atoms with Crippen molar-refractivity contribution in [3.63, 3.8) is 0 Å². The minimum atomic E-state index is -0.149. The van der Waals surface area contributed by atoms with E-state index < -0.39 is 0 Å². The van der Waals surface area contributed by atoms with Crippen LogP contribution < -0.4 is 0 Å². The van der Waals surface area contributed by atoms with E-state index in [2.05, 4.69) is 0 Å². The van der Waals surface area contributed by atoms with Crippen LogP contribution in [0.5, 0.6) is 0 Å². The van der Waals surface area contributed by atoms with E-state index in [1.54, 1.807) is 0 Å². The molecule has 1 saturated carbocycles. The second-order valence-corrected chi connectivity index (χ2v) is 6.54. The third kappa shape index (κ3) is 2.83. The zero-order valence-corrected chi connectivity index (χ0v) is 12.0. The number of nitrogens with zero attached hydrogens (tertiary/aromatic N) is 1. The molecule has 0 radical (unpaired) electrons. The Labute approximate surface area is 115 Å². The molecule has 1 aliphatic heterocycles. The van der Waals surface area contributed by atoms with Gasteiger partial charge in [-0.3, -0.25) is 14.5 Å². The zero-order chi connectivity index (χ0) is 14.0. The highest BCUT2D eigenvalue weighted by Crippen LogP contribution is 2.47. The van der Waals surface area contributed by atoms with E-state index in [1.807, 2.05) is 13.8 Å². The Morgan fingerprint density at radius 2 is 1.68 bits per heavy atom. The van der Waals surface area contributed by atoms with Crippen LogP contribution in [0, 0.1) is 11.3 Å². The number of aliphatic hydroxyl groups is 1. The maximum atomic E-state index is 12.4. The van der Waals surface area contributed by atoms with E-state index >= 15 is 0 Å². The first kappa shape index (κ1) is 14.5. The van der Waals surface area contributed by atoms with Crippen molar-refractivity contribution in [3.8, 4) is 0 Å². The van der Waals surface area contributed by atoms with Gasteiger partial charge >= 0.3 is 0 Å². The molecule has 2 amide bonds. The third-order valence-electron chi connectivity index (χ3n) is 4.78. The Balaban J connectivity index is 2.14. The summed E-state index contributed by atoms with van der Waals surface area (Å²) in [6.45, 7) is 4.02. The number of piperidine rings is 1. The predicted octanol–water partition coefficient (Wildman–Crippen LogP) is 2.10. The van der Waals surface area contributed by atoms with Gasteiger partial charge in [-0.25, -0.2) is 0 Å². The van der Waals surface area contributed by atoms with Crippen molar-refractivity contribution in [1.29, 1.82) is 0 Å². The van der Waals surface area contributed by atoms with Gasteiger partial charge in [0.05, 0.1) is 0 Å². The van der Waals surface area contributed by atoms with E-state index in [-0.39, 0.29) is 35.8 Å². The van der Waals surface area contributed by atoms with Gasteiger partial charge in [-0.05, 0) is 30.6 Å². The summed E-state index contributed by atoms with van der Waals surface area (Å²) in [5, 5.41) is 9.14. The number of rotatable bonds is 4. The lowest BCUT2D eigenvalue weighted by atomic mass is 9.75. The summed E-state index contributed by atoms with van der Waals surface area (Å²) in [5.41, 5.74) is -0.0363. The van der Waals surface area contributed by atoms with Crippen LogP contribution in [0.25, 0.3) is 0 Å². The quantitative estimate of drug-likeness (QED) is 0.794. The molecule has 2 fully saturated rings. The Hall–Kier alpha value is -0.900. The lowest BCUT2D eigenvalue weighted by Crippen LogP contribution is -2.53. The SMILES string of the molecule is CC(C)C(CCO)N1C(=O)CC2(CCCC2)CC1=O. The predicted molar refractivity (Wildman–Crippen MR) is 72.3 cm³/mol. The molecule has 1 N–H and O–H groups in total. The second-order valence-electron chi connectivity index (χ2n) is 6.54. The Kier molecular flexibility index (Phi) is 4.29. The van der Waals surface area contributed by atoms with Gasteiger partial charge in [0.25, 0.3) is 0 Å². The molecule has 0 bridgehead atoms. The number of aliphatic hydroxyl groups excluding tert-OH is 1. The average Bonchev–Trinajstić information content (AvgIpc) is 2.74. The second kappa shape index (κ2) is 5.61. The fourth-order valence-electron chi connectivity index (χ4n) is 3.75. The highest BCUT2D eigenvalue weighted by atomic mass is 16.3. The van der Waals surface area contributed by atoms with Crippen molar-refractivity contribution in [2.75, 3.05) is 6.61 Å². The van der Waals surface area contributed by atoms with Gasteiger partial charge in [0.1, 0.15) is 0 Å². The van der Waals surface area contributed by atoms with E-state index in [0.29, 0.717) is 19.3 Å². The molecular formula is C15H25NO3. The molecule has 19 heavy (non-hydrogen) atoms. The van der Waals surface area contributed by atoms with E-state index in [9.17, 15) is 9.59 Å². The minimum absolute atomic E-state index is 0.0189. The highest BCUT2D eigenvalue weighted by molar-refractivity contribution is 5.99. The van der Waals surface area contributed by atoms with Crippen LogP contribution in [0.15, 0.2) is 0 Å². The van der Waals surface area contributed by atoms with Crippen LogP contribution in [-0.2, 0) is 9.59 Å². The standard InChI is InChI=1S/C15H25NO3/c1-11(2)12(5-8-17)16-13(18)9-15(10-14(16)19)6-3-4-7-15/h11-12,17H,3-10H2,1-2H3. The van der Waals surface area contributed by atoms with Crippen molar-refractivity contribution >= 4 is 11.8 Å². The van der Waals surface area contributed by atoms with Crippen LogP contribution in [-0.4, -0.2) is 34.5 Å². The maximum Gasteiger partial charge on any atom is 0.230 e. The van der Waals surface area contributed by atoms with Gasteiger partial charge in [0.15, 0.2) is 0 Å². The van der Waals surface area contributed by atoms with Crippen molar-refractivity contribution in [2.45, 2.75) is 64.8 Å². The van der Waals surface area contributed by atoms with Crippen LogP contribution in [0.1, 0.15) is 58.8 Å². The molecule has 1 atom stereocenters. The normalized spacial score (nSPS) is 24.5. The van der Waals surface area contributed by atoms with Crippen LogP contribution >= 0.6 is 0 Å². The highest BCUT2D eigenvalue weighted by Gasteiger charge is 2.47. The van der Waals surface area contributed by atoms with Gasteiger partial charge in [0, 0.05) is 25.5 Å². The first-order valence-electron chi connectivity index (χ1n) is 7.45. The van der Waals surface area contributed by atoms with Crippen molar-refractivity contribution in [1.82, 2.24) is 4.90 Å². The summed E-state index contributed by atoms with van der Waals surface area (Å²) >= 11 is 0. The third-order valence-corrected chi connectivity index (χ3v) is 4.78. The van der Waals surface area contributed by atoms with Crippen molar-refractivity contribution in [3.05, 3.63) is 0 Å². The summed E-state index contributed by atoms with van der Waals surface area (Å²) in [6.07, 6.45) is 5.86. The molecule has 2 rings (SSSR count). The molecule has 4 heteroatoms. The Morgan fingerprint density at radius 1 is 1.16 bits per heavy atom. The van der Waals surface area contributed by atoms with Gasteiger partial charge in [-0.1, -0.05) is 26.7 Å². The number of hydrogen-bond acceptors (Lipinski definition) is 3. The number of carbonyl (C=O) groups excluding carboxylic acids is 2. The topological polar surface area (TPSA) is 57.6 Å². The van der Waals surface area contributed by atoms with E-state index in [0.717, 1.165) is 25.7 Å². The summed E-state index contributed by atoms with van der Waals surface area (Å²) < 4.78 is 0. The van der Waals surface area contributed by atoms with Crippen molar-refractivity contribution in [2.24, 2.45) is 11.3 Å². The molecule has 1 heterocycles. The average molecular weight is 267 g/mol. The van der Waals surface area contributed by atoms with Crippen LogP contribution in [0.2, 0.25) is 0 Å². The number of imide groups is 1. The summed E-state index contributed by atoms with van der Waals surface area (Å²) in [4.78, 5) is 26.3. The first-order valence-corrected chi connectivity index (χ1v) is 7.45. The minimum Gasteiger partial charge on any atom is -0.396 e. The van der Waals surface area contributed by atoms with E-state index in [1.165, 1.54) is 4.90 Å². The largest absolute Gasteiger partial charge is 0.396 e. The molecule has 0 aromatic rings. The molecule has 2 aliphatic rings. The van der Waals surface area contributed by atoms with Crippen LogP contribution in [0.3, 0.4) is 0 Å². The Bertz CT molecular complexity index is 338. The maximum absolute atomic E-state index is 12.4. The summed E-state index contributed by atoms with van der Waals surface area (Å²) in [5.74, 6) is 0.147. The molecule has 0 aromatic heterocycles. The number of carbonyl (C=O) groups is 2. The van der Waals surface area contributed by atoms with Crippen LogP contribution in [0.4, 0.5) is 0 Å². The number of amides is 2. The molecular weight excluding hydrogens is 242 g/mol. The van der Waals surface area contributed by atoms with Gasteiger partial charge < -0.3 is 5.11 Å². The van der Waals surface area contributed by atoms with Gasteiger partial charge in [-0.15, -0.1) is 0 Å². The first-order chi connectivity index (χ1) is 8.99. The molecule has 1 aliphatic carbocycles. The summed E-state index contributed by atoms with van der Waals surface area (Å²) in [6, 6.07) is -0.149. The lowest BCUT2D eigenvalue weighted by Gasteiger charge is -2.42.